The Hall–Kier alpha value is -1.60. The second-order valence-electron chi connectivity index (χ2n) is 4.36. The van der Waals surface area contributed by atoms with Gasteiger partial charge in [0.05, 0.1) is 11.7 Å². The van der Waals surface area contributed by atoms with E-state index in [1.165, 1.54) is 12.1 Å². The highest BCUT2D eigenvalue weighted by atomic mass is 79.9. The number of carboxylic acids is 1. The first-order chi connectivity index (χ1) is 8.90. The minimum Gasteiger partial charge on any atom is -0.507 e. The summed E-state index contributed by atoms with van der Waals surface area (Å²) in [6.07, 6.45) is -0.866. The molecule has 0 bridgehead atoms. The van der Waals surface area contributed by atoms with Gasteiger partial charge in [-0.3, -0.25) is 4.79 Å². The number of carbonyl (C=O) groups excluding carboxylic acids is 1. The van der Waals surface area contributed by atoms with E-state index in [1.807, 2.05) is 0 Å². The molecule has 0 aliphatic carbocycles. The number of aliphatic hydroxyl groups is 1. The van der Waals surface area contributed by atoms with Crippen LogP contribution in [-0.4, -0.2) is 50.8 Å². The molecular weight excluding hydrogens is 318 g/mol. The maximum absolute atomic E-state index is 12.3. The van der Waals surface area contributed by atoms with E-state index in [1.54, 1.807) is 6.07 Å². The molecule has 2 atom stereocenters. The van der Waals surface area contributed by atoms with Gasteiger partial charge in [0.25, 0.3) is 5.91 Å². The summed E-state index contributed by atoms with van der Waals surface area (Å²) in [5, 5.41) is 28.2. The lowest BCUT2D eigenvalue weighted by Crippen LogP contribution is -2.40. The zero-order valence-electron chi connectivity index (χ0n) is 9.78. The number of amides is 1. The molecule has 3 N–H and O–H groups in total. The van der Waals surface area contributed by atoms with Crippen molar-refractivity contribution in [2.45, 2.75) is 18.6 Å². The van der Waals surface area contributed by atoms with Crippen LogP contribution in [-0.2, 0) is 4.79 Å². The lowest BCUT2D eigenvalue weighted by atomic mass is 10.1. The monoisotopic (exact) mass is 329 g/mol. The molecule has 0 radical (unpaired) electrons. The molecule has 0 aromatic heterocycles. The van der Waals surface area contributed by atoms with Crippen LogP contribution in [0.2, 0.25) is 0 Å². The van der Waals surface area contributed by atoms with Crippen LogP contribution in [0.15, 0.2) is 22.7 Å². The SMILES string of the molecule is O=C(O)[C@@H]1C[C@@H](O)CN1C(=O)c1cc(Br)ccc1O. The third-order valence-corrected chi connectivity index (χ3v) is 3.51. The van der Waals surface area contributed by atoms with Crippen molar-refractivity contribution < 1.29 is 24.9 Å². The van der Waals surface area contributed by atoms with E-state index in [-0.39, 0.29) is 24.3 Å². The number of β-amino-alcohol motifs (C(OH)–C–C–N with tert-alkyl or cyclic N) is 1. The number of nitrogens with zero attached hydrogens (tertiary/aromatic N) is 1. The molecule has 1 saturated heterocycles. The van der Waals surface area contributed by atoms with Crippen LogP contribution in [0, 0.1) is 0 Å². The van der Waals surface area contributed by atoms with Crippen LogP contribution in [0.4, 0.5) is 0 Å². The quantitative estimate of drug-likeness (QED) is 0.746. The van der Waals surface area contributed by atoms with Gasteiger partial charge in [0.2, 0.25) is 0 Å². The Balaban J connectivity index is 2.33. The number of hydrogen-bond acceptors (Lipinski definition) is 4. The topological polar surface area (TPSA) is 98.1 Å². The third-order valence-electron chi connectivity index (χ3n) is 3.01. The fourth-order valence-corrected chi connectivity index (χ4v) is 2.47. The van der Waals surface area contributed by atoms with Gasteiger partial charge in [-0.2, -0.15) is 0 Å². The molecule has 1 aliphatic rings. The van der Waals surface area contributed by atoms with Crippen molar-refractivity contribution in [3.8, 4) is 5.75 Å². The summed E-state index contributed by atoms with van der Waals surface area (Å²) in [7, 11) is 0. The Kier molecular flexibility index (Phi) is 3.77. The second-order valence-corrected chi connectivity index (χ2v) is 5.28. The van der Waals surface area contributed by atoms with Crippen molar-refractivity contribution in [1.29, 1.82) is 0 Å². The fourth-order valence-electron chi connectivity index (χ4n) is 2.11. The number of likely N-dealkylation sites (tertiary alicyclic amines) is 1. The van der Waals surface area contributed by atoms with E-state index in [2.05, 4.69) is 15.9 Å². The summed E-state index contributed by atoms with van der Waals surface area (Å²) in [6, 6.07) is 3.27. The number of hydrogen-bond donors (Lipinski definition) is 3. The van der Waals surface area contributed by atoms with Crippen molar-refractivity contribution in [2.24, 2.45) is 0 Å². The summed E-state index contributed by atoms with van der Waals surface area (Å²) < 4.78 is 0.597. The molecule has 1 aromatic carbocycles. The zero-order valence-corrected chi connectivity index (χ0v) is 11.4. The van der Waals surface area contributed by atoms with E-state index < -0.39 is 24.0 Å². The van der Waals surface area contributed by atoms with Gasteiger partial charge in [-0.05, 0) is 18.2 Å². The van der Waals surface area contributed by atoms with Gasteiger partial charge in [-0.1, -0.05) is 15.9 Å². The number of carboxylic acid groups (broad SMARTS) is 1. The Bertz CT molecular complexity index is 533. The number of aliphatic carboxylic acids is 1. The molecule has 7 heteroatoms. The lowest BCUT2D eigenvalue weighted by molar-refractivity contribution is -0.141. The van der Waals surface area contributed by atoms with Gasteiger partial charge in [0.1, 0.15) is 11.8 Å². The minimum absolute atomic E-state index is 0.00413. The van der Waals surface area contributed by atoms with Gasteiger partial charge in [0.15, 0.2) is 0 Å². The molecule has 1 aliphatic heterocycles. The molecule has 19 heavy (non-hydrogen) atoms. The number of aliphatic hydroxyl groups excluding tert-OH is 1. The summed E-state index contributed by atoms with van der Waals surface area (Å²) in [5.74, 6) is -2.00. The summed E-state index contributed by atoms with van der Waals surface area (Å²) in [6.45, 7) is -0.0538. The number of aromatic hydroxyl groups is 1. The average molecular weight is 330 g/mol. The van der Waals surface area contributed by atoms with E-state index in [4.69, 9.17) is 5.11 Å². The fraction of sp³-hybridized carbons (Fsp3) is 0.333. The molecule has 1 heterocycles. The normalized spacial score (nSPS) is 22.5. The lowest BCUT2D eigenvalue weighted by Gasteiger charge is -2.21. The van der Waals surface area contributed by atoms with Gasteiger partial charge >= 0.3 is 5.97 Å². The van der Waals surface area contributed by atoms with E-state index in [9.17, 15) is 19.8 Å². The van der Waals surface area contributed by atoms with E-state index >= 15 is 0 Å². The first-order valence-corrected chi connectivity index (χ1v) is 6.40. The summed E-state index contributed by atoms with van der Waals surface area (Å²) >= 11 is 3.18. The van der Waals surface area contributed by atoms with E-state index in [0.717, 1.165) is 4.90 Å². The molecule has 2 rings (SSSR count). The Morgan fingerprint density at radius 3 is 2.68 bits per heavy atom. The molecule has 1 fully saturated rings. The second kappa shape index (κ2) is 5.18. The highest BCUT2D eigenvalue weighted by Gasteiger charge is 2.39. The van der Waals surface area contributed by atoms with Crippen molar-refractivity contribution >= 4 is 27.8 Å². The number of rotatable bonds is 2. The largest absolute Gasteiger partial charge is 0.507 e. The van der Waals surface area contributed by atoms with Crippen LogP contribution in [0.3, 0.4) is 0 Å². The molecule has 102 valence electrons. The average Bonchev–Trinajstić information content (AvgIpc) is 2.74. The van der Waals surface area contributed by atoms with Crippen molar-refractivity contribution in [3.05, 3.63) is 28.2 Å². The Labute approximate surface area is 117 Å². The van der Waals surface area contributed by atoms with Gasteiger partial charge in [-0.15, -0.1) is 0 Å². The molecule has 0 unspecified atom stereocenters. The molecule has 0 spiro atoms. The highest BCUT2D eigenvalue weighted by molar-refractivity contribution is 9.10. The molecule has 6 nitrogen and oxygen atoms in total. The van der Waals surface area contributed by atoms with Crippen LogP contribution in [0.1, 0.15) is 16.8 Å². The Morgan fingerprint density at radius 2 is 2.05 bits per heavy atom. The first kappa shape index (κ1) is 13.8. The summed E-state index contributed by atoms with van der Waals surface area (Å²) in [4.78, 5) is 24.4. The maximum Gasteiger partial charge on any atom is 0.326 e. The minimum atomic E-state index is -1.17. The number of phenols is 1. The zero-order chi connectivity index (χ0) is 14.2. The highest BCUT2D eigenvalue weighted by Crippen LogP contribution is 2.27. The Morgan fingerprint density at radius 1 is 1.37 bits per heavy atom. The predicted molar refractivity (Wildman–Crippen MR) is 68.9 cm³/mol. The summed E-state index contributed by atoms with van der Waals surface area (Å²) in [5.41, 5.74) is 0.00900. The number of halogens is 1. The molecular formula is C12H12BrNO5. The first-order valence-electron chi connectivity index (χ1n) is 5.60. The standard InChI is InChI=1S/C12H12BrNO5/c13-6-1-2-10(16)8(3-6)11(17)14-5-7(15)4-9(14)12(18)19/h1-3,7,9,15-16H,4-5H2,(H,18,19)/t7-,9+/m1/s1. The molecule has 1 aromatic rings. The van der Waals surface area contributed by atoms with Gasteiger partial charge in [0, 0.05) is 17.4 Å². The molecule has 0 saturated carbocycles. The molecule has 1 amide bonds. The number of carbonyl (C=O) groups is 2. The van der Waals surface area contributed by atoms with Gasteiger partial charge < -0.3 is 20.2 Å². The third kappa shape index (κ3) is 2.71. The van der Waals surface area contributed by atoms with Crippen molar-refractivity contribution in [1.82, 2.24) is 4.90 Å². The van der Waals surface area contributed by atoms with Crippen LogP contribution >= 0.6 is 15.9 Å². The number of benzene rings is 1. The van der Waals surface area contributed by atoms with Crippen LogP contribution < -0.4 is 0 Å². The number of phenolic OH excluding ortho intramolecular Hbond substituents is 1. The smallest absolute Gasteiger partial charge is 0.326 e. The van der Waals surface area contributed by atoms with Crippen LogP contribution in [0.5, 0.6) is 5.75 Å². The van der Waals surface area contributed by atoms with Crippen molar-refractivity contribution in [2.75, 3.05) is 6.54 Å². The van der Waals surface area contributed by atoms with E-state index in [0.29, 0.717) is 4.47 Å². The maximum atomic E-state index is 12.3. The van der Waals surface area contributed by atoms with Gasteiger partial charge in [-0.25, -0.2) is 4.79 Å². The van der Waals surface area contributed by atoms with Crippen LogP contribution in [0.25, 0.3) is 0 Å². The van der Waals surface area contributed by atoms with Crippen molar-refractivity contribution in [3.63, 3.8) is 0 Å². The predicted octanol–water partition coefficient (Wildman–Crippen LogP) is 0.815.